The zero-order valence-electron chi connectivity index (χ0n) is 55.8. The number of pyridine rings is 3. The summed E-state index contributed by atoms with van der Waals surface area (Å²) in [4.78, 5) is 54.5. The molecular weight excluding hydrogens is 1410 g/mol. The average molecular weight is 1490 g/mol. The van der Waals surface area contributed by atoms with Crippen LogP contribution in [0.2, 0.25) is 15.5 Å². The Bertz CT molecular complexity index is 4220. The van der Waals surface area contributed by atoms with Gasteiger partial charge in [-0.15, -0.1) is 0 Å². The van der Waals surface area contributed by atoms with Crippen molar-refractivity contribution in [1.82, 2.24) is 19.9 Å². The molecule has 0 saturated carbocycles. The van der Waals surface area contributed by atoms with Gasteiger partial charge in [0.2, 0.25) is 11.8 Å². The maximum Gasteiger partial charge on any atom is 1.00 e. The number of nitrogens with zero attached hydrogens (tertiary/aromatic N) is 6. The van der Waals surface area contributed by atoms with Crippen molar-refractivity contribution in [2.24, 2.45) is 0 Å². The topological polar surface area (TPSA) is 199 Å². The molecule has 4 N–H and O–H groups in total. The molecule has 5 aliphatic rings. The third kappa shape index (κ3) is 19.9. The number of halogens is 5. The van der Waals surface area contributed by atoms with E-state index in [0.717, 1.165) is 88.0 Å². The molecule has 5 aliphatic heterocycles. The Morgan fingerprint density at radius 2 is 1.02 bits per heavy atom. The van der Waals surface area contributed by atoms with Crippen molar-refractivity contribution in [2.75, 3.05) is 46.6 Å². The minimum atomic E-state index is -0.903. The normalized spacial score (nSPS) is 14.2. The van der Waals surface area contributed by atoms with E-state index in [1.54, 1.807) is 36.7 Å². The monoisotopic (exact) mass is 1480 g/mol. The number of carboxylic acids is 1. The van der Waals surface area contributed by atoms with Gasteiger partial charge in [0.25, 0.3) is 0 Å². The Hall–Kier alpha value is -6.53. The van der Waals surface area contributed by atoms with Crippen LogP contribution >= 0.6 is 66.7 Å². The van der Waals surface area contributed by atoms with E-state index in [4.69, 9.17) is 61.1 Å². The molecule has 23 heteroatoms. The number of carboxylic acid groups (broad SMARTS) is 1. The molecule has 15 nitrogen and oxygen atoms in total. The summed E-state index contributed by atoms with van der Waals surface area (Å²) in [5, 5.41) is 23.7. The molecule has 9 heterocycles. The van der Waals surface area contributed by atoms with Crippen molar-refractivity contribution in [3.63, 3.8) is 0 Å². The van der Waals surface area contributed by atoms with E-state index in [9.17, 15) is 14.4 Å². The van der Waals surface area contributed by atoms with Crippen LogP contribution in [0.4, 0.5) is 22.7 Å². The van der Waals surface area contributed by atoms with Crippen LogP contribution in [0.15, 0.2) is 149 Å². The number of rotatable bonds is 7. The predicted molar refractivity (Wildman–Crippen MR) is 393 cm³/mol. The second-order valence-corrected chi connectivity index (χ2v) is 27.2. The van der Waals surface area contributed by atoms with Gasteiger partial charge in [0.15, 0.2) is 0 Å². The summed E-state index contributed by atoms with van der Waals surface area (Å²) in [6, 6.07) is 38.1. The first-order chi connectivity index (χ1) is 44.9. The van der Waals surface area contributed by atoms with Crippen molar-refractivity contribution in [2.45, 2.75) is 118 Å². The maximum absolute atomic E-state index is 13.0. The van der Waals surface area contributed by atoms with Crippen LogP contribution < -0.4 is 55.5 Å². The molecule has 2 amide bonds. The van der Waals surface area contributed by atoms with Gasteiger partial charge in [-0.1, -0.05) is 133 Å². The molecule has 0 bridgehead atoms. The van der Waals surface area contributed by atoms with E-state index < -0.39 is 13.1 Å². The standard InChI is InChI=1S/C22H26BClN2O3.C16H14BrClN2O.C9H10BrN.C9H11N.C9H9N.C7H6ClNO2.CN.B.Na/c1-14-11-17(23-28-21(2,3)22(4,5)29-23)12-15-8-10-26(19(14)15)18(27)13-16-7-6-9-25-20(16)24;1-10-7-13(17)8-11-4-6-20(15(10)11)14(21)9-12-3-2-5-19-16(12)18;1-6-4-8(10)5-7-2-3-11-9(6)7;2*1-7-3-2-4-8-5-6-10-9(7)8;8-7-5(4-6(10)11)2-1-3-9-7;1-2;;/h6-7,9,11-12H,8,10,13H2,1-5H3;2-3,5,7-8H,4,6,9H2,1H3;4-5,11H,2-3H2,1H3;2-4,10H,5-6H2,1H3;2-6,10H,1H3;1-3H,4H2,(H,10,11);;;/q;;;;;;-1;;+1. The minimum absolute atomic E-state index is 0. The zero-order chi connectivity index (χ0) is 68.0. The number of hydrogen-bond donors (Lipinski definition) is 4. The number of aromatic nitrogens is 4. The number of aliphatic carboxylic acids is 1. The second kappa shape index (κ2) is 35.8. The Morgan fingerprint density at radius 3 is 1.52 bits per heavy atom. The van der Waals surface area contributed by atoms with Crippen LogP contribution in [0, 0.1) is 46.5 Å². The SMILES string of the molecule is Cc1cc(B2OC(C)(C)C(C)(C)O2)cc2c1N(C(=O)Cc1cccnc1Cl)CC2.Cc1cc(Br)cc2c1N(C(=O)Cc1cccnc1Cl)CC2.Cc1cc(Br)cc2c1NCC2.Cc1cccc2c1NCC2.Cc1cccc2cc[nH]c12.O=C(O)Cc1cccnc1Cl.[B].[C-]#N.[Na+]. The Labute approximate surface area is 620 Å². The average Bonchev–Trinajstić information content (AvgIpc) is 1.61. The van der Waals surface area contributed by atoms with Gasteiger partial charge >= 0.3 is 42.6 Å². The number of amides is 2. The first kappa shape index (κ1) is 78.5. The van der Waals surface area contributed by atoms with Gasteiger partial charge in [-0.2, -0.15) is 0 Å². The number of carbonyl (C=O) groups is 3. The van der Waals surface area contributed by atoms with Crippen molar-refractivity contribution < 1.29 is 58.4 Å². The van der Waals surface area contributed by atoms with Gasteiger partial charge in [0.05, 0.1) is 30.5 Å². The molecule has 14 rings (SSSR count). The summed E-state index contributed by atoms with van der Waals surface area (Å²) >= 11 is 24.8. The minimum Gasteiger partial charge on any atom is -0.512 e. The summed E-state index contributed by atoms with van der Waals surface area (Å²) < 4.78 is 14.7. The van der Waals surface area contributed by atoms with Crippen LogP contribution in [-0.2, 0) is 68.6 Å². The molecule has 96 heavy (non-hydrogen) atoms. The van der Waals surface area contributed by atoms with Gasteiger partial charge in [-0.3, -0.25) is 14.4 Å². The van der Waals surface area contributed by atoms with E-state index >= 15 is 0 Å². The van der Waals surface area contributed by atoms with Crippen LogP contribution in [0.3, 0.4) is 0 Å². The summed E-state index contributed by atoms with van der Waals surface area (Å²) in [5.74, 6) is -0.806. The fourth-order valence-electron chi connectivity index (χ4n) is 11.8. The fourth-order valence-corrected chi connectivity index (χ4v) is 13.6. The third-order valence-electron chi connectivity index (χ3n) is 17.1. The summed E-state index contributed by atoms with van der Waals surface area (Å²) in [6.07, 6.45) is 11.3. The van der Waals surface area contributed by atoms with Gasteiger partial charge in [-0.05, 0) is 209 Å². The summed E-state index contributed by atoms with van der Waals surface area (Å²) in [6.45, 7) is 27.0. The Morgan fingerprint density at radius 1 is 0.573 bits per heavy atom. The number of carbonyl (C=O) groups excluding carboxylic acids is 2. The van der Waals surface area contributed by atoms with E-state index in [2.05, 4.69) is 184 Å². The number of aromatic amines is 1. The number of para-hydroxylation sites is 2. The van der Waals surface area contributed by atoms with Gasteiger partial charge in [-0.25, -0.2) is 15.0 Å². The number of hydrogen-bond acceptors (Lipinski definition) is 11. The summed E-state index contributed by atoms with van der Waals surface area (Å²) in [5.41, 5.74) is 19.8. The number of anilines is 4. The van der Waals surface area contributed by atoms with Crippen LogP contribution in [0.25, 0.3) is 10.9 Å². The first-order valence-electron chi connectivity index (χ1n) is 30.9. The Kier molecular flexibility index (Phi) is 29.3. The van der Waals surface area contributed by atoms with Gasteiger partial charge in [0.1, 0.15) is 15.5 Å². The molecule has 1 fully saturated rings. The Balaban J connectivity index is 0.000000191. The van der Waals surface area contributed by atoms with Crippen LogP contribution in [0.1, 0.15) is 94.5 Å². The van der Waals surface area contributed by atoms with Crippen LogP contribution in [-0.4, -0.2) is 95.7 Å². The van der Waals surface area contributed by atoms with Crippen molar-refractivity contribution in [3.05, 3.63) is 238 Å². The van der Waals surface area contributed by atoms with Crippen molar-refractivity contribution in [1.29, 1.82) is 5.26 Å². The number of fused-ring (bicyclic) bond motifs is 5. The molecule has 4 aromatic heterocycles. The zero-order valence-corrected chi connectivity index (χ0v) is 63.2. The smallest absolute Gasteiger partial charge is 0.512 e. The number of benzene rings is 5. The molecule has 1 saturated heterocycles. The molecule has 491 valence electrons. The molecule has 0 atom stereocenters. The summed E-state index contributed by atoms with van der Waals surface area (Å²) in [7, 11) is -0.400. The van der Waals surface area contributed by atoms with E-state index in [1.165, 1.54) is 72.7 Å². The molecule has 3 radical (unpaired) electrons. The van der Waals surface area contributed by atoms with Gasteiger partial charge in [0, 0.05) is 102 Å². The van der Waals surface area contributed by atoms with E-state index in [0.29, 0.717) is 22.4 Å². The van der Waals surface area contributed by atoms with Gasteiger partial charge < -0.3 is 51.7 Å². The number of nitrogens with one attached hydrogen (secondary N) is 3. The maximum atomic E-state index is 13.0. The van der Waals surface area contributed by atoms with E-state index in [-0.39, 0.29) is 85.4 Å². The third-order valence-corrected chi connectivity index (χ3v) is 19.0. The quantitative estimate of drug-likeness (QED) is 0.0670. The van der Waals surface area contributed by atoms with E-state index in [1.807, 2.05) is 48.0 Å². The number of H-pyrrole nitrogens is 1. The largest absolute Gasteiger partial charge is 1.00 e. The predicted octanol–water partition coefficient (Wildman–Crippen LogP) is 12.7. The molecule has 0 aliphatic carbocycles. The number of aryl methyl sites for hydroxylation is 5. The van der Waals surface area contributed by atoms with Crippen molar-refractivity contribution >= 4 is 139 Å². The molecule has 0 spiro atoms. The van der Waals surface area contributed by atoms with Crippen molar-refractivity contribution in [3.8, 4) is 0 Å². The molecular formula is C73H76B2Br2Cl3N9NaO6. The molecule has 5 aromatic carbocycles. The molecule has 9 aromatic rings. The van der Waals surface area contributed by atoms with Crippen LogP contribution in [0.5, 0.6) is 0 Å². The molecule has 0 unspecified atom stereocenters. The fraction of sp³-hybridized carbons (Fsp3) is 0.301. The first-order valence-corrected chi connectivity index (χ1v) is 33.6. The second-order valence-electron chi connectivity index (χ2n) is 24.3.